The first-order valence-electron chi connectivity index (χ1n) is 21.4. The maximum absolute atomic E-state index is 2.43. The maximum atomic E-state index is 2.43. The van der Waals surface area contributed by atoms with Crippen LogP contribution in [0.5, 0.6) is 0 Å². The third-order valence-electron chi connectivity index (χ3n) is 12.5. The molecule has 0 aromatic heterocycles. The fraction of sp³-hybridized carbons (Fsp3) is 0. The van der Waals surface area contributed by atoms with Gasteiger partial charge >= 0.3 is 0 Å². The Labute approximate surface area is 361 Å². The van der Waals surface area contributed by atoms with Gasteiger partial charge in [0.1, 0.15) is 0 Å². The van der Waals surface area contributed by atoms with Gasteiger partial charge in [0.25, 0.3) is 0 Å². The summed E-state index contributed by atoms with van der Waals surface area (Å²) >= 11 is 0. The Morgan fingerprint density at radius 2 is 0.597 bits per heavy atom. The molecule has 62 heavy (non-hydrogen) atoms. The number of hydrogen-bond donors (Lipinski definition) is 0. The summed E-state index contributed by atoms with van der Waals surface area (Å²) in [5, 5.41) is 7.41. The second-order valence-electron chi connectivity index (χ2n) is 16.0. The van der Waals surface area contributed by atoms with E-state index in [4.69, 9.17) is 0 Å². The molecule has 290 valence electrons. The van der Waals surface area contributed by atoms with Gasteiger partial charge in [-0.15, -0.1) is 0 Å². The molecular formula is C60H40N2. The first kappa shape index (κ1) is 35.7. The number of para-hydroxylation sites is 4. The second kappa shape index (κ2) is 14.8. The van der Waals surface area contributed by atoms with Crippen molar-refractivity contribution < 1.29 is 0 Å². The average molecular weight is 789 g/mol. The van der Waals surface area contributed by atoms with E-state index in [1.54, 1.807) is 0 Å². The van der Waals surface area contributed by atoms with Crippen LogP contribution in [0.25, 0.3) is 76.8 Å². The van der Waals surface area contributed by atoms with Gasteiger partial charge < -0.3 is 9.80 Å². The van der Waals surface area contributed by atoms with Crippen LogP contribution in [0.3, 0.4) is 0 Å². The average Bonchev–Trinajstić information content (AvgIpc) is 3.67. The van der Waals surface area contributed by atoms with Gasteiger partial charge in [-0.3, -0.25) is 0 Å². The van der Waals surface area contributed by atoms with Gasteiger partial charge in [0.05, 0.1) is 0 Å². The van der Waals surface area contributed by atoms with E-state index in [1.165, 1.54) is 76.8 Å². The first-order chi connectivity index (χ1) is 30.8. The zero-order valence-electron chi connectivity index (χ0n) is 34.0. The Hall–Kier alpha value is -8.20. The fourth-order valence-electron chi connectivity index (χ4n) is 9.92. The van der Waals surface area contributed by atoms with E-state index in [9.17, 15) is 0 Å². The molecule has 1 aliphatic carbocycles. The molecule has 11 aromatic rings. The van der Waals surface area contributed by atoms with Crippen LogP contribution in [0.2, 0.25) is 0 Å². The Kier molecular flexibility index (Phi) is 8.53. The minimum atomic E-state index is 1.10. The van der Waals surface area contributed by atoms with Gasteiger partial charge in [-0.1, -0.05) is 170 Å². The molecule has 12 rings (SSSR count). The number of rotatable bonds is 8. The molecule has 2 nitrogen and oxygen atoms in total. The van der Waals surface area contributed by atoms with E-state index in [0.717, 1.165) is 34.1 Å². The van der Waals surface area contributed by atoms with Crippen molar-refractivity contribution in [1.82, 2.24) is 0 Å². The third kappa shape index (κ3) is 5.80. The fourth-order valence-corrected chi connectivity index (χ4v) is 9.92. The van der Waals surface area contributed by atoms with Crippen LogP contribution in [0.15, 0.2) is 243 Å². The van der Waals surface area contributed by atoms with Crippen molar-refractivity contribution in [2.24, 2.45) is 0 Å². The van der Waals surface area contributed by atoms with Gasteiger partial charge in [-0.25, -0.2) is 0 Å². The molecule has 0 saturated heterocycles. The van der Waals surface area contributed by atoms with Crippen LogP contribution in [-0.2, 0) is 0 Å². The Balaban J connectivity index is 1.21. The smallest absolute Gasteiger partial charge is 0.0468 e. The molecule has 0 unspecified atom stereocenters. The van der Waals surface area contributed by atoms with Crippen LogP contribution in [0, 0.1) is 0 Å². The van der Waals surface area contributed by atoms with Gasteiger partial charge in [0.15, 0.2) is 0 Å². The van der Waals surface area contributed by atoms with Crippen molar-refractivity contribution in [3.05, 3.63) is 243 Å². The van der Waals surface area contributed by atoms with Gasteiger partial charge in [0, 0.05) is 34.1 Å². The van der Waals surface area contributed by atoms with E-state index >= 15 is 0 Å². The van der Waals surface area contributed by atoms with Crippen molar-refractivity contribution in [2.75, 3.05) is 9.80 Å². The quantitative estimate of drug-likeness (QED) is 0.142. The highest BCUT2D eigenvalue weighted by Crippen LogP contribution is 2.53. The highest BCUT2D eigenvalue weighted by atomic mass is 15.1. The van der Waals surface area contributed by atoms with Crippen LogP contribution >= 0.6 is 0 Å². The summed E-state index contributed by atoms with van der Waals surface area (Å²) in [5.41, 5.74) is 16.7. The van der Waals surface area contributed by atoms with E-state index < -0.39 is 0 Å². The summed E-state index contributed by atoms with van der Waals surface area (Å²) in [6.45, 7) is 0. The predicted molar refractivity (Wildman–Crippen MR) is 264 cm³/mol. The summed E-state index contributed by atoms with van der Waals surface area (Å²) < 4.78 is 0. The molecule has 0 atom stereocenters. The molecule has 0 fully saturated rings. The molecule has 0 bridgehead atoms. The Bertz CT molecular complexity index is 3330. The van der Waals surface area contributed by atoms with Gasteiger partial charge in [-0.2, -0.15) is 0 Å². The molecule has 2 heteroatoms. The Morgan fingerprint density at radius 3 is 1.10 bits per heavy atom. The zero-order chi connectivity index (χ0) is 41.0. The van der Waals surface area contributed by atoms with Crippen LogP contribution in [0.4, 0.5) is 34.1 Å². The normalized spacial score (nSPS) is 11.5. The summed E-state index contributed by atoms with van der Waals surface area (Å²) in [6.07, 6.45) is 0. The molecule has 0 saturated carbocycles. The molecule has 0 aliphatic heterocycles. The highest BCUT2D eigenvalue weighted by Gasteiger charge is 2.26. The Morgan fingerprint density at radius 1 is 0.210 bits per heavy atom. The van der Waals surface area contributed by atoms with Gasteiger partial charge in [-0.05, 0) is 150 Å². The summed E-state index contributed by atoms with van der Waals surface area (Å²) in [6, 6.07) is 88.5. The molecular weight excluding hydrogens is 749 g/mol. The summed E-state index contributed by atoms with van der Waals surface area (Å²) in [4.78, 5) is 4.75. The highest BCUT2D eigenvalue weighted by molar-refractivity contribution is 6.27. The number of nitrogens with zero attached hydrogens (tertiary/aromatic N) is 2. The minimum Gasteiger partial charge on any atom is -0.310 e. The third-order valence-corrected chi connectivity index (χ3v) is 12.5. The number of anilines is 6. The summed E-state index contributed by atoms with van der Waals surface area (Å²) in [5.74, 6) is 0. The van der Waals surface area contributed by atoms with Crippen molar-refractivity contribution in [3.8, 4) is 44.5 Å². The van der Waals surface area contributed by atoms with Crippen LogP contribution < -0.4 is 9.80 Å². The van der Waals surface area contributed by atoms with E-state index in [-0.39, 0.29) is 0 Å². The monoisotopic (exact) mass is 788 g/mol. The topological polar surface area (TPSA) is 6.48 Å². The lowest BCUT2D eigenvalue weighted by atomic mass is 9.83. The second-order valence-corrected chi connectivity index (χ2v) is 16.0. The minimum absolute atomic E-state index is 1.10. The largest absolute Gasteiger partial charge is 0.310 e. The lowest BCUT2D eigenvalue weighted by Crippen LogP contribution is -2.10. The molecule has 0 N–H and O–H groups in total. The molecule has 11 aromatic carbocycles. The number of fused-ring (bicyclic) bond motifs is 5. The number of benzene rings is 11. The van der Waals surface area contributed by atoms with Crippen molar-refractivity contribution >= 4 is 66.4 Å². The standard InChI is InChI=1S/C60H40N2/c1-6-19-41(20-7-1)58-54-35-33-47(62(44-25-12-4-13-26-44)45-27-14-5-15-28-45)40-57(54)60(53-38-37-52-49-30-17-16-29-48(49)50-31-18-32-51(53)59(50)52)55-36-34-46(39-56(55)58)61(42-21-8-2-9-22-42)43-23-10-3-11-24-43/h1-40H. The SMILES string of the molecule is c1ccc(-c2c3cc(N(c4ccccc4)c4ccccc4)ccc3c(-c3ccc4c5c(cccc35)-c3ccccc3-4)c3cc(N(c4ccccc4)c4ccccc4)ccc23)cc1. The first-order valence-corrected chi connectivity index (χ1v) is 21.4. The van der Waals surface area contributed by atoms with Crippen molar-refractivity contribution in [2.45, 2.75) is 0 Å². The molecule has 0 amide bonds. The van der Waals surface area contributed by atoms with E-state index in [1.807, 2.05) is 0 Å². The molecule has 0 heterocycles. The molecule has 0 spiro atoms. The molecule has 1 aliphatic rings. The van der Waals surface area contributed by atoms with Crippen molar-refractivity contribution in [3.63, 3.8) is 0 Å². The van der Waals surface area contributed by atoms with Crippen molar-refractivity contribution in [1.29, 1.82) is 0 Å². The maximum Gasteiger partial charge on any atom is 0.0468 e. The zero-order valence-corrected chi connectivity index (χ0v) is 34.0. The van der Waals surface area contributed by atoms with Crippen LogP contribution in [-0.4, -0.2) is 0 Å². The van der Waals surface area contributed by atoms with E-state index in [0.29, 0.717) is 0 Å². The lowest BCUT2D eigenvalue weighted by molar-refractivity contribution is 1.29. The predicted octanol–water partition coefficient (Wildman–Crippen LogP) is 17.1. The van der Waals surface area contributed by atoms with E-state index in [2.05, 4.69) is 252 Å². The van der Waals surface area contributed by atoms with Crippen LogP contribution in [0.1, 0.15) is 0 Å². The van der Waals surface area contributed by atoms with Gasteiger partial charge in [0.2, 0.25) is 0 Å². The number of hydrogen-bond acceptors (Lipinski definition) is 2. The molecule has 0 radical (unpaired) electrons. The lowest BCUT2D eigenvalue weighted by Gasteiger charge is -2.28. The summed E-state index contributed by atoms with van der Waals surface area (Å²) in [7, 11) is 0.